The maximum Gasteiger partial charge on any atom is 0.288 e. The molecule has 5 rings (SSSR count). The van der Waals surface area contributed by atoms with E-state index in [1.165, 1.54) is 34.2 Å². The Labute approximate surface area is 244 Å². The Bertz CT molecular complexity index is 1190. The second-order valence-electron chi connectivity index (χ2n) is 11.3. The van der Waals surface area contributed by atoms with Gasteiger partial charge >= 0.3 is 0 Å². The number of aliphatic hydroxyl groups excluding tert-OH is 1. The predicted molar refractivity (Wildman–Crippen MR) is 158 cm³/mol. The largest absolute Gasteiger partial charge is 0.459 e. The summed E-state index contributed by atoms with van der Waals surface area (Å²) >= 11 is 0. The second kappa shape index (κ2) is 14.5. The lowest BCUT2D eigenvalue weighted by Crippen LogP contribution is -2.43. The van der Waals surface area contributed by atoms with Crippen LogP contribution in [0.2, 0.25) is 0 Å². The molecule has 7 nitrogen and oxygen atoms in total. The highest BCUT2D eigenvalue weighted by Gasteiger charge is 2.41. The van der Waals surface area contributed by atoms with Gasteiger partial charge in [0.15, 0.2) is 5.76 Å². The topological polar surface area (TPSA) is 77.5 Å². The Morgan fingerprint density at radius 1 is 0.976 bits per heavy atom. The van der Waals surface area contributed by atoms with Gasteiger partial charge in [0.25, 0.3) is 5.91 Å². The van der Waals surface area contributed by atoms with Gasteiger partial charge in [0.2, 0.25) is 6.29 Å². The molecule has 0 unspecified atom stereocenters. The highest BCUT2D eigenvalue weighted by Crippen LogP contribution is 2.46. The number of allylic oxidation sites excluding steroid dienone is 1. The number of likely N-dealkylation sites (N-methyl/N-ethyl adjacent to an activating group) is 1. The molecule has 0 spiro atoms. The minimum atomic E-state index is -0.553. The Morgan fingerprint density at radius 3 is 2.51 bits per heavy atom. The van der Waals surface area contributed by atoms with E-state index < -0.39 is 6.29 Å². The Kier molecular flexibility index (Phi) is 10.5. The molecule has 2 aromatic carbocycles. The molecule has 2 aliphatic carbocycles. The van der Waals surface area contributed by atoms with E-state index in [0.717, 1.165) is 32.1 Å². The van der Waals surface area contributed by atoms with Gasteiger partial charge in [-0.3, -0.25) is 4.79 Å². The molecule has 0 aromatic heterocycles. The first-order valence-electron chi connectivity index (χ1n) is 15.4. The van der Waals surface area contributed by atoms with E-state index >= 15 is 0 Å². The molecule has 222 valence electrons. The smallest absolute Gasteiger partial charge is 0.288 e. The molecule has 2 aromatic rings. The first-order valence-corrected chi connectivity index (χ1v) is 15.4. The number of hydrogen-bond donors (Lipinski definition) is 1. The Balaban J connectivity index is 1.44. The van der Waals surface area contributed by atoms with Crippen LogP contribution in [0.5, 0.6) is 0 Å². The summed E-state index contributed by atoms with van der Waals surface area (Å²) in [6.07, 6.45) is 8.75. The van der Waals surface area contributed by atoms with Crippen LogP contribution in [-0.4, -0.2) is 74.9 Å². The number of fused-ring (bicyclic) bond motifs is 3. The summed E-state index contributed by atoms with van der Waals surface area (Å²) in [5.41, 5.74) is 6.45. The zero-order valence-corrected chi connectivity index (χ0v) is 24.6. The van der Waals surface area contributed by atoms with E-state index in [1.807, 2.05) is 18.9 Å². The minimum absolute atomic E-state index is 0.00567. The van der Waals surface area contributed by atoms with Gasteiger partial charge in [0.1, 0.15) is 0 Å². The van der Waals surface area contributed by atoms with Crippen LogP contribution in [0.25, 0.3) is 11.1 Å². The molecule has 1 N–H and O–H groups in total. The third-order valence-corrected chi connectivity index (χ3v) is 8.82. The quantitative estimate of drug-likeness (QED) is 0.279. The minimum Gasteiger partial charge on any atom is -0.459 e. The number of ether oxygens (including phenoxy) is 4. The predicted octanol–water partition coefficient (Wildman–Crippen LogP) is 5.44. The van der Waals surface area contributed by atoms with Crippen molar-refractivity contribution in [2.24, 2.45) is 5.92 Å². The molecule has 0 saturated heterocycles. The molecular weight excluding hydrogens is 518 g/mol. The number of benzene rings is 2. The Hall–Kier alpha value is -2.71. The SMILES string of the molecule is CCO[C@@H]1OC(C(=O)N(C)C2CCCCC2)=C[C@H](c2cccc3c2Cc2ccccc2-3)[C@H]1CCOCCOCCO. The van der Waals surface area contributed by atoms with E-state index in [9.17, 15) is 4.79 Å². The molecule has 3 aliphatic rings. The lowest BCUT2D eigenvalue weighted by atomic mass is 9.78. The molecule has 41 heavy (non-hydrogen) atoms. The molecule has 1 saturated carbocycles. The highest BCUT2D eigenvalue weighted by atomic mass is 16.7. The third kappa shape index (κ3) is 6.86. The van der Waals surface area contributed by atoms with Crippen LogP contribution in [0.3, 0.4) is 0 Å². The lowest BCUT2D eigenvalue weighted by molar-refractivity contribution is -0.172. The normalized spacial score (nSPS) is 22.0. The number of amides is 1. The van der Waals surface area contributed by atoms with Crippen molar-refractivity contribution in [1.82, 2.24) is 4.90 Å². The third-order valence-electron chi connectivity index (χ3n) is 8.82. The van der Waals surface area contributed by atoms with E-state index in [4.69, 9.17) is 24.1 Å². The fourth-order valence-corrected chi connectivity index (χ4v) is 6.70. The average molecular weight is 564 g/mol. The number of carbonyl (C=O) groups excluding carboxylic acids is 1. The maximum absolute atomic E-state index is 13.8. The van der Waals surface area contributed by atoms with Gasteiger partial charge < -0.3 is 29.0 Å². The monoisotopic (exact) mass is 563 g/mol. The number of nitrogens with zero attached hydrogens (tertiary/aromatic N) is 1. The van der Waals surface area contributed by atoms with Gasteiger partial charge in [-0.05, 0) is 66.5 Å². The zero-order valence-electron chi connectivity index (χ0n) is 24.6. The van der Waals surface area contributed by atoms with Crippen molar-refractivity contribution < 1.29 is 28.8 Å². The van der Waals surface area contributed by atoms with Gasteiger partial charge in [0, 0.05) is 38.1 Å². The number of aliphatic hydroxyl groups is 1. The van der Waals surface area contributed by atoms with E-state index in [0.29, 0.717) is 45.2 Å². The second-order valence-corrected chi connectivity index (χ2v) is 11.3. The number of hydrogen-bond acceptors (Lipinski definition) is 6. The van der Waals surface area contributed by atoms with Crippen LogP contribution in [-0.2, 0) is 30.2 Å². The van der Waals surface area contributed by atoms with Crippen molar-refractivity contribution in [3.05, 3.63) is 71.0 Å². The van der Waals surface area contributed by atoms with Crippen molar-refractivity contribution in [1.29, 1.82) is 0 Å². The summed E-state index contributed by atoms with van der Waals surface area (Å²) < 4.78 is 23.9. The highest BCUT2D eigenvalue weighted by molar-refractivity contribution is 5.92. The van der Waals surface area contributed by atoms with Gasteiger partial charge in [-0.15, -0.1) is 0 Å². The fourth-order valence-electron chi connectivity index (χ4n) is 6.70. The van der Waals surface area contributed by atoms with Crippen LogP contribution in [0.1, 0.15) is 68.1 Å². The van der Waals surface area contributed by atoms with Gasteiger partial charge in [-0.2, -0.15) is 0 Å². The summed E-state index contributed by atoms with van der Waals surface area (Å²) in [4.78, 5) is 15.7. The molecular formula is C34H45NO6. The van der Waals surface area contributed by atoms with Crippen molar-refractivity contribution in [2.75, 3.05) is 46.7 Å². The van der Waals surface area contributed by atoms with Crippen LogP contribution in [0.15, 0.2) is 54.3 Å². The summed E-state index contributed by atoms with van der Waals surface area (Å²) in [6.45, 7) is 4.19. The van der Waals surface area contributed by atoms with E-state index in [2.05, 4.69) is 48.5 Å². The summed E-state index contributed by atoms with van der Waals surface area (Å²) in [5.74, 6) is 0.250. The van der Waals surface area contributed by atoms with E-state index in [-0.39, 0.29) is 30.4 Å². The van der Waals surface area contributed by atoms with Crippen molar-refractivity contribution in [2.45, 2.75) is 70.1 Å². The van der Waals surface area contributed by atoms with Crippen LogP contribution in [0.4, 0.5) is 0 Å². The van der Waals surface area contributed by atoms with Crippen molar-refractivity contribution >= 4 is 5.91 Å². The molecule has 1 amide bonds. The standard InChI is InChI=1S/C34H45NO6/c1-3-40-34-29(16-18-38-20-21-39-19-17-36)31(23-32(41-34)33(37)35(2)25-11-5-4-6-12-25)28-15-9-14-27-26-13-8-7-10-24(26)22-30(27)28/h7-10,13-15,23,25,29,31,34,36H,3-6,11-12,16-22H2,1-2H3/t29-,31-,34-/m1/s1. The number of carbonyl (C=O) groups is 1. The maximum atomic E-state index is 13.8. The van der Waals surface area contributed by atoms with Gasteiger partial charge in [0.05, 0.1) is 26.4 Å². The molecule has 3 atom stereocenters. The molecule has 1 heterocycles. The first-order chi connectivity index (χ1) is 20.1. The van der Waals surface area contributed by atoms with Crippen molar-refractivity contribution in [3.63, 3.8) is 0 Å². The molecule has 1 aliphatic heterocycles. The summed E-state index contributed by atoms with van der Waals surface area (Å²) in [5, 5.41) is 8.92. The van der Waals surface area contributed by atoms with Crippen LogP contribution >= 0.6 is 0 Å². The van der Waals surface area contributed by atoms with E-state index in [1.54, 1.807) is 0 Å². The molecule has 7 heteroatoms. The summed E-state index contributed by atoms with van der Waals surface area (Å²) in [6, 6.07) is 15.4. The number of rotatable bonds is 13. The van der Waals surface area contributed by atoms with Crippen LogP contribution in [0, 0.1) is 5.92 Å². The lowest BCUT2D eigenvalue weighted by Gasteiger charge is -2.39. The van der Waals surface area contributed by atoms with Crippen molar-refractivity contribution in [3.8, 4) is 11.1 Å². The molecule has 1 fully saturated rings. The Morgan fingerprint density at radius 2 is 1.73 bits per heavy atom. The molecule has 0 bridgehead atoms. The fraction of sp³-hybridized carbons (Fsp3) is 0.559. The van der Waals surface area contributed by atoms with Gasteiger partial charge in [-0.25, -0.2) is 0 Å². The summed E-state index contributed by atoms with van der Waals surface area (Å²) in [7, 11) is 1.92. The first kappa shape index (κ1) is 29.8. The van der Waals surface area contributed by atoms with Crippen LogP contribution < -0.4 is 0 Å². The van der Waals surface area contributed by atoms with Gasteiger partial charge in [-0.1, -0.05) is 61.7 Å². The zero-order chi connectivity index (χ0) is 28.6. The molecule has 0 radical (unpaired) electrons. The average Bonchev–Trinajstić information content (AvgIpc) is 3.40.